The molecule has 3 rings (SSSR count). The summed E-state index contributed by atoms with van der Waals surface area (Å²) in [6.45, 7) is 1.79. The van der Waals surface area contributed by atoms with Gasteiger partial charge >= 0.3 is 0 Å². The molecule has 8 heteroatoms. The van der Waals surface area contributed by atoms with Crippen LogP contribution in [-0.2, 0) is 14.3 Å². The first-order chi connectivity index (χ1) is 10.5. The lowest BCUT2D eigenvalue weighted by atomic mass is 9.79. The van der Waals surface area contributed by atoms with E-state index in [4.69, 9.17) is 4.74 Å². The first kappa shape index (κ1) is 15.0. The Morgan fingerprint density at radius 1 is 1.23 bits per heavy atom. The molecule has 0 aliphatic carbocycles. The van der Waals surface area contributed by atoms with Gasteiger partial charge < -0.3 is 14.6 Å². The Bertz CT molecular complexity index is 629. The molecule has 2 bridgehead atoms. The van der Waals surface area contributed by atoms with E-state index < -0.39 is 41.8 Å². The third-order valence-electron chi connectivity index (χ3n) is 4.22. The van der Waals surface area contributed by atoms with Gasteiger partial charge in [-0.1, -0.05) is 0 Å². The average Bonchev–Trinajstić information content (AvgIpc) is 3.18. The number of carboxylic acid groups (broad SMARTS) is 1. The number of rotatable bonds is 3. The van der Waals surface area contributed by atoms with Crippen LogP contribution in [0.3, 0.4) is 0 Å². The zero-order valence-corrected chi connectivity index (χ0v) is 12.6. The number of thiophene rings is 1. The van der Waals surface area contributed by atoms with Gasteiger partial charge in [-0.2, -0.15) is 0 Å². The Balaban J connectivity index is 1.63. The summed E-state index contributed by atoms with van der Waals surface area (Å²) in [6, 6.07) is 1.80. The maximum Gasteiger partial charge on any atom is 0.280 e. The molecule has 2 amide bonds. The Hall–Kier alpha value is -1.93. The van der Waals surface area contributed by atoms with Crippen LogP contribution >= 0.6 is 11.3 Å². The molecule has 0 unspecified atom stereocenters. The highest BCUT2D eigenvalue weighted by Gasteiger charge is 2.52. The highest BCUT2D eigenvalue weighted by atomic mass is 32.1. The molecule has 2 N–H and O–H groups in total. The van der Waals surface area contributed by atoms with E-state index in [2.05, 4.69) is 10.9 Å². The summed E-state index contributed by atoms with van der Waals surface area (Å²) in [5, 5.41) is 13.0. The number of aryl methyl sites for hydroxylation is 1. The number of carbonyl (C=O) groups excluding carboxylic acids is 3. The summed E-state index contributed by atoms with van der Waals surface area (Å²) in [5.41, 5.74) is 5.44. The molecule has 2 fully saturated rings. The lowest BCUT2D eigenvalue weighted by Gasteiger charge is -2.27. The monoisotopic (exact) mass is 323 g/mol. The van der Waals surface area contributed by atoms with Crippen LogP contribution in [0.5, 0.6) is 0 Å². The van der Waals surface area contributed by atoms with Gasteiger partial charge in [-0.25, -0.2) is 0 Å². The number of hydrazine groups is 1. The molecule has 22 heavy (non-hydrogen) atoms. The van der Waals surface area contributed by atoms with Crippen LogP contribution < -0.4 is 16.0 Å². The quantitative estimate of drug-likeness (QED) is 0.720. The molecule has 0 radical (unpaired) electrons. The van der Waals surface area contributed by atoms with Crippen LogP contribution in [-0.4, -0.2) is 30.0 Å². The van der Waals surface area contributed by atoms with Gasteiger partial charge in [0.2, 0.25) is 5.91 Å². The molecule has 2 saturated heterocycles. The van der Waals surface area contributed by atoms with Crippen LogP contribution in [0, 0.1) is 18.8 Å². The molecule has 4 atom stereocenters. The molecular weight excluding hydrogens is 308 g/mol. The van der Waals surface area contributed by atoms with Crippen LogP contribution in [0.1, 0.15) is 28.1 Å². The van der Waals surface area contributed by atoms with Crippen molar-refractivity contribution in [2.45, 2.75) is 32.0 Å². The van der Waals surface area contributed by atoms with Crippen molar-refractivity contribution in [2.24, 2.45) is 11.8 Å². The fourth-order valence-electron chi connectivity index (χ4n) is 3.17. The van der Waals surface area contributed by atoms with Crippen molar-refractivity contribution < 1.29 is 24.2 Å². The first-order valence-corrected chi connectivity index (χ1v) is 7.87. The molecule has 2 aliphatic rings. The Kier molecular flexibility index (Phi) is 3.88. The minimum atomic E-state index is -1.28. The molecular formula is C14H15N2O5S-. The second-order valence-electron chi connectivity index (χ2n) is 5.54. The van der Waals surface area contributed by atoms with E-state index >= 15 is 0 Å². The number of carbonyl (C=O) groups is 3. The van der Waals surface area contributed by atoms with Gasteiger partial charge in [-0.05, 0) is 36.8 Å². The zero-order chi connectivity index (χ0) is 15.9. The Morgan fingerprint density at radius 2 is 1.91 bits per heavy atom. The lowest BCUT2D eigenvalue weighted by molar-refractivity contribution is -0.314. The van der Waals surface area contributed by atoms with Gasteiger partial charge in [0.15, 0.2) is 0 Å². The number of fused-ring (bicyclic) bond motifs is 2. The average molecular weight is 323 g/mol. The van der Waals surface area contributed by atoms with E-state index in [0.29, 0.717) is 17.7 Å². The van der Waals surface area contributed by atoms with Crippen molar-refractivity contribution in [2.75, 3.05) is 0 Å². The number of ether oxygens (including phenoxy) is 1. The van der Waals surface area contributed by atoms with Crippen molar-refractivity contribution in [1.29, 1.82) is 0 Å². The number of hydrogen-bond acceptors (Lipinski definition) is 6. The van der Waals surface area contributed by atoms with E-state index in [-0.39, 0.29) is 0 Å². The lowest BCUT2D eigenvalue weighted by Crippen LogP contribution is -2.52. The van der Waals surface area contributed by atoms with E-state index in [9.17, 15) is 19.5 Å². The van der Waals surface area contributed by atoms with Gasteiger partial charge in [0, 0.05) is 11.9 Å². The van der Waals surface area contributed by atoms with Gasteiger partial charge in [-0.15, -0.1) is 11.3 Å². The van der Waals surface area contributed by atoms with Crippen LogP contribution in [0.15, 0.2) is 11.4 Å². The molecule has 1 aromatic rings. The third kappa shape index (κ3) is 2.48. The fourth-order valence-corrected chi connectivity index (χ4v) is 3.99. The molecule has 7 nitrogen and oxygen atoms in total. The fraction of sp³-hybridized carbons (Fsp3) is 0.500. The van der Waals surface area contributed by atoms with E-state index in [1.807, 2.05) is 0 Å². The molecule has 0 aromatic carbocycles. The summed E-state index contributed by atoms with van der Waals surface area (Å²) in [6.07, 6.45) is 0.368. The molecule has 0 spiro atoms. The first-order valence-electron chi connectivity index (χ1n) is 6.99. The number of hydrogen-bond donors (Lipinski definition) is 2. The smallest absolute Gasteiger partial charge is 0.280 e. The highest BCUT2D eigenvalue weighted by molar-refractivity contribution is 7.12. The van der Waals surface area contributed by atoms with Crippen molar-refractivity contribution >= 4 is 29.1 Å². The Morgan fingerprint density at radius 3 is 2.50 bits per heavy atom. The van der Waals surface area contributed by atoms with Crippen molar-refractivity contribution in [3.63, 3.8) is 0 Å². The normalized spacial score (nSPS) is 29.3. The second kappa shape index (κ2) is 5.69. The topological polar surface area (TPSA) is 108 Å². The van der Waals surface area contributed by atoms with Gasteiger partial charge in [0.1, 0.15) is 0 Å². The number of nitrogens with one attached hydrogen (secondary N) is 2. The summed E-state index contributed by atoms with van der Waals surface area (Å²) < 4.78 is 5.49. The van der Waals surface area contributed by atoms with Crippen LogP contribution in [0.2, 0.25) is 0 Å². The largest absolute Gasteiger partial charge is 0.550 e. The predicted molar refractivity (Wildman–Crippen MR) is 74.5 cm³/mol. The highest BCUT2D eigenvalue weighted by Crippen LogP contribution is 2.43. The SMILES string of the molecule is Cc1ccsc1C(=O)NNC(=O)[C@@H]1[C@@H](C(=O)[O-])[C@@H]2CC[C@H]1O2. The number of carboxylic acids is 1. The van der Waals surface area contributed by atoms with E-state index in [1.165, 1.54) is 11.3 Å². The second-order valence-corrected chi connectivity index (χ2v) is 6.45. The minimum absolute atomic E-state index is 0.421. The molecule has 2 aliphatic heterocycles. The summed E-state index contributed by atoms with van der Waals surface area (Å²) >= 11 is 1.27. The maximum atomic E-state index is 12.2. The van der Waals surface area contributed by atoms with E-state index in [0.717, 1.165) is 5.56 Å². The standard InChI is InChI=1S/C14H16N2O5S/c1-6-4-5-22-11(6)13(18)16-15-12(17)9-7-2-3-8(21-7)10(9)14(19)20/h4-5,7-10H,2-3H2,1H3,(H,15,17)(H,16,18)(H,19,20)/p-1/t7-,8+,9+,10+/m1/s1. The van der Waals surface area contributed by atoms with Crippen LogP contribution in [0.25, 0.3) is 0 Å². The van der Waals surface area contributed by atoms with Gasteiger partial charge in [0.05, 0.1) is 23.0 Å². The summed E-state index contributed by atoms with van der Waals surface area (Å²) in [4.78, 5) is 35.9. The van der Waals surface area contributed by atoms with Crippen molar-refractivity contribution in [3.8, 4) is 0 Å². The summed E-state index contributed by atoms with van der Waals surface area (Å²) in [7, 11) is 0. The van der Waals surface area contributed by atoms with Crippen molar-refractivity contribution in [3.05, 3.63) is 21.9 Å². The van der Waals surface area contributed by atoms with Crippen molar-refractivity contribution in [1.82, 2.24) is 10.9 Å². The Labute approximate surface area is 130 Å². The minimum Gasteiger partial charge on any atom is -0.550 e. The summed E-state index contributed by atoms with van der Waals surface area (Å²) in [5.74, 6) is -4.04. The molecule has 3 heterocycles. The van der Waals surface area contributed by atoms with Crippen LogP contribution in [0.4, 0.5) is 0 Å². The molecule has 0 saturated carbocycles. The zero-order valence-electron chi connectivity index (χ0n) is 11.8. The maximum absolute atomic E-state index is 12.2. The number of amides is 2. The molecule has 118 valence electrons. The third-order valence-corrected chi connectivity index (χ3v) is 5.23. The molecule has 1 aromatic heterocycles. The predicted octanol–water partition coefficient (Wildman–Crippen LogP) is -0.639. The van der Waals surface area contributed by atoms with Gasteiger partial charge in [-0.3, -0.25) is 20.4 Å². The van der Waals surface area contributed by atoms with Gasteiger partial charge in [0.25, 0.3) is 5.91 Å². The number of aliphatic carboxylic acids is 1. The van der Waals surface area contributed by atoms with E-state index in [1.54, 1.807) is 18.4 Å².